The van der Waals surface area contributed by atoms with Crippen LogP contribution in [0.3, 0.4) is 0 Å². The van der Waals surface area contributed by atoms with Gasteiger partial charge in [0, 0.05) is 12.7 Å². The average molecular weight is 304 g/mol. The molecular formula is C15H14ClN3O2. The van der Waals surface area contributed by atoms with Gasteiger partial charge in [-0.25, -0.2) is 0 Å². The number of carbonyl (C=O) groups is 2. The van der Waals surface area contributed by atoms with E-state index in [2.05, 4.69) is 10.6 Å². The Morgan fingerprint density at radius 1 is 1.05 bits per heavy atom. The molecule has 0 radical (unpaired) electrons. The molecule has 0 fully saturated rings. The van der Waals surface area contributed by atoms with Crippen molar-refractivity contribution in [2.24, 2.45) is 0 Å². The topological polar surface area (TPSA) is 84.2 Å². The third-order valence-corrected chi connectivity index (χ3v) is 3.21. The van der Waals surface area contributed by atoms with Crippen molar-refractivity contribution in [2.75, 3.05) is 18.1 Å². The summed E-state index contributed by atoms with van der Waals surface area (Å²) in [6.45, 7) is 0. The molecule has 0 unspecified atom stereocenters. The summed E-state index contributed by atoms with van der Waals surface area (Å²) >= 11 is 5.99. The molecule has 0 saturated carbocycles. The van der Waals surface area contributed by atoms with Crippen LogP contribution in [0.1, 0.15) is 20.7 Å². The van der Waals surface area contributed by atoms with E-state index in [9.17, 15) is 9.59 Å². The first-order valence-electron chi connectivity index (χ1n) is 6.20. The van der Waals surface area contributed by atoms with Crippen molar-refractivity contribution in [2.45, 2.75) is 0 Å². The van der Waals surface area contributed by atoms with E-state index < -0.39 is 5.91 Å². The van der Waals surface area contributed by atoms with Crippen LogP contribution in [-0.4, -0.2) is 18.9 Å². The Morgan fingerprint density at radius 2 is 1.76 bits per heavy atom. The maximum absolute atomic E-state index is 12.3. The fourth-order valence-corrected chi connectivity index (χ4v) is 2.03. The second-order valence-corrected chi connectivity index (χ2v) is 4.73. The molecule has 0 heterocycles. The maximum atomic E-state index is 12.3. The molecule has 4 N–H and O–H groups in total. The number of rotatable bonds is 3. The van der Waals surface area contributed by atoms with Crippen LogP contribution in [-0.2, 0) is 0 Å². The Morgan fingerprint density at radius 3 is 2.48 bits per heavy atom. The number of amides is 2. The van der Waals surface area contributed by atoms with Crippen molar-refractivity contribution in [1.82, 2.24) is 5.32 Å². The summed E-state index contributed by atoms with van der Waals surface area (Å²) in [6, 6.07) is 11.4. The number of carbonyl (C=O) groups excluding carboxylic acids is 2. The van der Waals surface area contributed by atoms with Gasteiger partial charge in [0.2, 0.25) is 0 Å². The van der Waals surface area contributed by atoms with Crippen molar-refractivity contribution in [3.05, 3.63) is 58.6 Å². The van der Waals surface area contributed by atoms with Crippen LogP contribution in [0.5, 0.6) is 0 Å². The lowest BCUT2D eigenvalue weighted by atomic mass is 10.1. The average Bonchev–Trinajstić information content (AvgIpc) is 2.49. The van der Waals surface area contributed by atoms with Gasteiger partial charge in [0.05, 0.1) is 21.8 Å². The molecule has 0 saturated heterocycles. The zero-order valence-electron chi connectivity index (χ0n) is 11.3. The van der Waals surface area contributed by atoms with Gasteiger partial charge in [0.25, 0.3) is 11.8 Å². The Balaban J connectivity index is 2.32. The Kier molecular flexibility index (Phi) is 4.45. The normalized spacial score (nSPS) is 10.0. The van der Waals surface area contributed by atoms with Crippen LogP contribution < -0.4 is 16.4 Å². The van der Waals surface area contributed by atoms with Gasteiger partial charge >= 0.3 is 0 Å². The van der Waals surface area contributed by atoms with Crippen LogP contribution in [0.4, 0.5) is 11.4 Å². The summed E-state index contributed by atoms with van der Waals surface area (Å²) in [5.74, 6) is -0.715. The van der Waals surface area contributed by atoms with Crippen molar-refractivity contribution in [3.63, 3.8) is 0 Å². The smallest absolute Gasteiger partial charge is 0.257 e. The minimum atomic E-state index is -0.427. The quantitative estimate of drug-likeness (QED) is 0.762. The predicted octanol–water partition coefficient (Wildman–Crippen LogP) is 2.53. The first-order valence-corrected chi connectivity index (χ1v) is 6.58. The van der Waals surface area contributed by atoms with E-state index in [0.29, 0.717) is 22.0 Å². The summed E-state index contributed by atoms with van der Waals surface area (Å²) in [7, 11) is 1.52. The van der Waals surface area contributed by atoms with Gasteiger partial charge in [-0.2, -0.15) is 0 Å². The third-order valence-electron chi connectivity index (χ3n) is 2.88. The first-order chi connectivity index (χ1) is 10.0. The molecule has 21 heavy (non-hydrogen) atoms. The molecule has 0 aliphatic rings. The van der Waals surface area contributed by atoms with E-state index in [-0.39, 0.29) is 11.5 Å². The lowest BCUT2D eigenvalue weighted by Gasteiger charge is -2.11. The van der Waals surface area contributed by atoms with E-state index >= 15 is 0 Å². The fraction of sp³-hybridized carbons (Fsp3) is 0.0667. The number of benzene rings is 2. The van der Waals surface area contributed by atoms with Crippen LogP contribution in [0.15, 0.2) is 42.5 Å². The van der Waals surface area contributed by atoms with E-state index in [0.717, 1.165) is 0 Å². The zero-order chi connectivity index (χ0) is 15.4. The number of nitrogens with one attached hydrogen (secondary N) is 2. The number of hydrogen-bond donors (Lipinski definition) is 3. The molecule has 6 heteroatoms. The number of halogens is 1. The lowest BCUT2D eigenvalue weighted by molar-refractivity contribution is 0.0964. The Labute approximate surface area is 127 Å². The molecule has 0 bridgehead atoms. The predicted molar refractivity (Wildman–Crippen MR) is 83.6 cm³/mol. The summed E-state index contributed by atoms with van der Waals surface area (Å²) in [4.78, 5) is 24.0. The van der Waals surface area contributed by atoms with Crippen molar-refractivity contribution in [3.8, 4) is 0 Å². The van der Waals surface area contributed by atoms with Gasteiger partial charge in [0.15, 0.2) is 0 Å². The summed E-state index contributed by atoms with van der Waals surface area (Å²) < 4.78 is 0. The molecular weight excluding hydrogens is 290 g/mol. The van der Waals surface area contributed by atoms with Crippen LogP contribution >= 0.6 is 11.6 Å². The molecule has 108 valence electrons. The van der Waals surface area contributed by atoms with E-state index in [4.69, 9.17) is 17.3 Å². The minimum absolute atomic E-state index is 0.253. The second kappa shape index (κ2) is 6.28. The summed E-state index contributed by atoms with van der Waals surface area (Å²) in [5.41, 5.74) is 7.12. The molecule has 0 atom stereocenters. The first kappa shape index (κ1) is 14.9. The molecule has 2 aromatic rings. The number of anilines is 2. The molecule has 2 rings (SSSR count). The SMILES string of the molecule is CNC(=O)c1ccccc1NC(=O)c1cc(N)ccc1Cl. The van der Waals surface area contributed by atoms with Gasteiger partial charge in [0.1, 0.15) is 0 Å². The number of nitrogen functional groups attached to an aromatic ring is 1. The minimum Gasteiger partial charge on any atom is -0.399 e. The maximum Gasteiger partial charge on any atom is 0.257 e. The second-order valence-electron chi connectivity index (χ2n) is 4.32. The third kappa shape index (κ3) is 3.32. The van der Waals surface area contributed by atoms with Crippen molar-refractivity contribution < 1.29 is 9.59 Å². The van der Waals surface area contributed by atoms with E-state index in [1.807, 2.05) is 0 Å². The van der Waals surface area contributed by atoms with Gasteiger partial charge in [-0.15, -0.1) is 0 Å². The highest BCUT2D eigenvalue weighted by molar-refractivity contribution is 6.34. The number of nitrogens with two attached hydrogens (primary N) is 1. The van der Waals surface area contributed by atoms with Crippen molar-refractivity contribution >= 4 is 34.8 Å². The molecule has 2 aromatic carbocycles. The van der Waals surface area contributed by atoms with E-state index in [1.54, 1.807) is 36.4 Å². The van der Waals surface area contributed by atoms with Gasteiger partial charge in [-0.1, -0.05) is 23.7 Å². The Hall–Kier alpha value is -2.53. The highest BCUT2D eigenvalue weighted by Crippen LogP contribution is 2.22. The molecule has 0 aromatic heterocycles. The van der Waals surface area contributed by atoms with Gasteiger partial charge in [-0.05, 0) is 30.3 Å². The molecule has 0 aliphatic heterocycles. The molecule has 2 amide bonds. The largest absolute Gasteiger partial charge is 0.399 e. The van der Waals surface area contributed by atoms with Gasteiger partial charge < -0.3 is 16.4 Å². The molecule has 0 aliphatic carbocycles. The monoisotopic (exact) mass is 303 g/mol. The highest BCUT2D eigenvalue weighted by Gasteiger charge is 2.15. The fourth-order valence-electron chi connectivity index (χ4n) is 1.83. The van der Waals surface area contributed by atoms with Crippen molar-refractivity contribution in [1.29, 1.82) is 0 Å². The molecule has 0 spiro atoms. The summed E-state index contributed by atoms with van der Waals surface area (Å²) in [6.07, 6.45) is 0. The van der Waals surface area contributed by atoms with Crippen LogP contribution in [0.2, 0.25) is 5.02 Å². The van der Waals surface area contributed by atoms with Gasteiger partial charge in [-0.3, -0.25) is 9.59 Å². The summed E-state index contributed by atoms with van der Waals surface area (Å²) in [5, 5.41) is 5.48. The van der Waals surface area contributed by atoms with Crippen LogP contribution in [0, 0.1) is 0 Å². The van der Waals surface area contributed by atoms with Crippen LogP contribution in [0.25, 0.3) is 0 Å². The Bertz CT molecular complexity index is 701. The number of hydrogen-bond acceptors (Lipinski definition) is 3. The zero-order valence-corrected chi connectivity index (χ0v) is 12.1. The molecule has 5 nitrogen and oxygen atoms in total. The lowest BCUT2D eigenvalue weighted by Crippen LogP contribution is -2.21. The van der Waals surface area contributed by atoms with E-state index in [1.165, 1.54) is 13.1 Å². The standard InChI is InChI=1S/C15H14ClN3O2/c1-18-14(20)10-4-2-3-5-13(10)19-15(21)11-8-9(17)6-7-12(11)16/h2-8H,17H2,1H3,(H,18,20)(H,19,21). The highest BCUT2D eigenvalue weighted by atomic mass is 35.5. The number of para-hydroxylation sites is 1.